The summed E-state index contributed by atoms with van der Waals surface area (Å²) in [5.41, 5.74) is 5.03. The first-order valence-corrected chi connectivity index (χ1v) is 13.2. The summed E-state index contributed by atoms with van der Waals surface area (Å²) in [6.45, 7) is 4.70. The highest BCUT2D eigenvalue weighted by molar-refractivity contribution is 7.19. The van der Waals surface area contributed by atoms with Gasteiger partial charge in [-0.25, -0.2) is 0 Å². The largest absolute Gasteiger partial charge is 0.465 e. The van der Waals surface area contributed by atoms with E-state index in [0.717, 1.165) is 18.9 Å². The molecule has 3 rings (SSSR count). The minimum atomic E-state index is -1.53. The molecule has 0 saturated heterocycles. The van der Waals surface area contributed by atoms with Crippen molar-refractivity contribution >= 4 is 24.4 Å². The van der Waals surface area contributed by atoms with Crippen LogP contribution in [0.1, 0.15) is 36.3 Å². The van der Waals surface area contributed by atoms with Crippen LogP contribution in [0.5, 0.6) is 0 Å². The second-order valence-electron chi connectivity index (χ2n) is 7.34. The zero-order valence-electron chi connectivity index (χ0n) is 14.9. The Morgan fingerprint density at radius 2 is 1.56 bits per heavy atom. The number of carbonyl (C=O) groups is 1. The molecule has 2 aromatic rings. The van der Waals surface area contributed by atoms with Crippen LogP contribution in [0.4, 0.5) is 0 Å². The van der Waals surface area contributed by atoms with Crippen molar-refractivity contribution in [2.45, 2.75) is 44.3 Å². The molecule has 0 amide bonds. The highest BCUT2D eigenvalue weighted by Crippen LogP contribution is 2.44. The molecular formula is C21H25ClO2Si. The van der Waals surface area contributed by atoms with Gasteiger partial charge in [0.15, 0.2) is 0 Å². The first kappa shape index (κ1) is 18.2. The van der Waals surface area contributed by atoms with Crippen LogP contribution >= 0.6 is 11.1 Å². The number of esters is 1. The fraction of sp³-hybridized carbons (Fsp3) is 0.381. The van der Waals surface area contributed by atoms with E-state index in [9.17, 15) is 4.79 Å². The molecule has 0 bridgehead atoms. The summed E-state index contributed by atoms with van der Waals surface area (Å²) >= 11 is 6.31. The van der Waals surface area contributed by atoms with Crippen LogP contribution in [-0.4, -0.2) is 20.0 Å². The average molecular weight is 373 g/mol. The Bertz CT molecular complexity index is 706. The Labute approximate surface area is 155 Å². The van der Waals surface area contributed by atoms with Crippen LogP contribution in [0, 0.1) is 0 Å². The minimum Gasteiger partial charge on any atom is -0.465 e. The molecule has 0 heterocycles. The fourth-order valence-corrected chi connectivity index (χ4v) is 4.99. The predicted octanol–water partition coefficient (Wildman–Crippen LogP) is 5.96. The molecule has 132 valence electrons. The van der Waals surface area contributed by atoms with Crippen molar-refractivity contribution in [1.82, 2.24) is 0 Å². The third-order valence-corrected chi connectivity index (χ3v) is 6.89. The van der Waals surface area contributed by atoms with E-state index in [1.165, 1.54) is 22.3 Å². The molecule has 0 atom stereocenters. The SMILES string of the molecule is C[Si](C)(Cl)CCCCC(=O)OCC1c2ccccc2-c2ccccc21. The van der Waals surface area contributed by atoms with Crippen molar-refractivity contribution in [3.05, 3.63) is 59.7 Å². The van der Waals surface area contributed by atoms with Gasteiger partial charge in [-0.05, 0) is 34.7 Å². The lowest BCUT2D eigenvalue weighted by Gasteiger charge is -2.15. The monoisotopic (exact) mass is 372 g/mol. The number of unbranched alkanes of at least 4 members (excludes halogenated alkanes) is 1. The van der Waals surface area contributed by atoms with Gasteiger partial charge in [-0.3, -0.25) is 4.79 Å². The number of ether oxygens (including phenoxy) is 1. The van der Waals surface area contributed by atoms with Crippen molar-refractivity contribution in [1.29, 1.82) is 0 Å². The molecule has 0 radical (unpaired) electrons. The van der Waals surface area contributed by atoms with Gasteiger partial charge >= 0.3 is 5.97 Å². The van der Waals surface area contributed by atoms with Gasteiger partial charge < -0.3 is 4.74 Å². The summed E-state index contributed by atoms with van der Waals surface area (Å²) in [4.78, 5) is 12.1. The number of hydrogen-bond donors (Lipinski definition) is 0. The molecule has 0 aliphatic heterocycles. The van der Waals surface area contributed by atoms with Crippen LogP contribution in [0.25, 0.3) is 11.1 Å². The molecule has 1 aliphatic carbocycles. The van der Waals surface area contributed by atoms with Crippen LogP contribution in [0.2, 0.25) is 19.1 Å². The lowest BCUT2D eigenvalue weighted by molar-refractivity contribution is -0.144. The van der Waals surface area contributed by atoms with Gasteiger partial charge in [0.05, 0.1) is 0 Å². The number of rotatable bonds is 7. The zero-order chi connectivity index (χ0) is 17.9. The first-order chi connectivity index (χ1) is 12.0. The topological polar surface area (TPSA) is 26.3 Å². The molecule has 0 N–H and O–H groups in total. The molecule has 0 spiro atoms. The molecule has 2 nitrogen and oxygen atoms in total. The van der Waals surface area contributed by atoms with Crippen molar-refractivity contribution in [3.63, 3.8) is 0 Å². The Hall–Kier alpha value is -1.58. The zero-order valence-corrected chi connectivity index (χ0v) is 16.7. The normalized spacial score (nSPS) is 13.4. The van der Waals surface area contributed by atoms with Crippen LogP contribution in [0.15, 0.2) is 48.5 Å². The van der Waals surface area contributed by atoms with Gasteiger partial charge in [0.25, 0.3) is 0 Å². The van der Waals surface area contributed by atoms with Gasteiger partial charge in [-0.2, -0.15) is 11.1 Å². The van der Waals surface area contributed by atoms with E-state index in [1.54, 1.807) is 0 Å². The van der Waals surface area contributed by atoms with Crippen molar-refractivity contribution < 1.29 is 9.53 Å². The van der Waals surface area contributed by atoms with Crippen molar-refractivity contribution in [3.8, 4) is 11.1 Å². The standard InChI is InChI=1S/C21H25ClO2Si/c1-25(2,22)14-8-7-13-21(23)24-15-20-18-11-5-3-9-16(18)17-10-4-6-12-19(17)20/h3-6,9-12,20H,7-8,13-15H2,1-2H3. The summed E-state index contributed by atoms with van der Waals surface area (Å²) < 4.78 is 5.61. The molecule has 2 aromatic carbocycles. The summed E-state index contributed by atoms with van der Waals surface area (Å²) in [6, 6.07) is 17.8. The van der Waals surface area contributed by atoms with Gasteiger partial charge in [-0.1, -0.05) is 68.0 Å². The second kappa shape index (κ2) is 7.75. The maximum Gasteiger partial charge on any atom is 0.305 e. The van der Waals surface area contributed by atoms with E-state index >= 15 is 0 Å². The number of hydrogen-bond acceptors (Lipinski definition) is 2. The number of fused-ring (bicyclic) bond motifs is 3. The molecule has 0 fully saturated rings. The maximum absolute atomic E-state index is 12.1. The average Bonchev–Trinajstić information content (AvgIpc) is 2.90. The predicted molar refractivity (Wildman–Crippen MR) is 107 cm³/mol. The lowest BCUT2D eigenvalue weighted by atomic mass is 9.98. The molecule has 4 heteroatoms. The van der Waals surface area contributed by atoms with Gasteiger partial charge in [0, 0.05) is 12.3 Å². The lowest BCUT2D eigenvalue weighted by Crippen LogP contribution is -2.16. The summed E-state index contributed by atoms with van der Waals surface area (Å²) in [5.74, 6) is 0.0430. The highest BCUT2D eigenvalue weighted by Gasteiger charge is 2.28. The molecule has 1 aliphatic rings. The van der Waals surface area contributed by atoms with E-state index in [0.29, 0.717) is 13.0 Å². The van der Waals surface area contributed by atoms with Gasteiger partial charge in [0.1, 0.15) is 14.0 Å². The quantitative estimate of drug-likeness (QED) is 0.259. The van der Waals surface area contributed by atoms with E-state index in [1.807, 2.05) is 0 Å². The first-order valence-electron chi connectivity index (χ1n) is 8.98. The summed E-state index contributed by atoms with van der Waals surface area (Å²) in [7, 11) is -1.53. The van der Waals surface area contributed by atoms with E-state index in [2.05, 4.69) is 61.6 Å². The molecule has 0 saturated carbocycles. The number of halogens is 1. The van der Waals surface area contributed by atoms with Crippen LogP contribution in [0.3, 0.4) is 0 Å². The number of carbonyl (C=O) groups excluding carboxylic acids is 1. The van der Waals surface area contributed by atoms with Crippen molar-refractivity contribution in [2.75, 3.05) is 6.61 Å². The van der Waals surface area contributed by atoms with Gasteiger partial charge in [0.2, 0.25) is 0 Å². The fourth-order valence-electron chi connectivity index (χ4n) is 3.50. The smallest absolute Gasteiger partial charge is 0.305 e. The van der Waals surface area contributed by atoms with Crippen molar-refractivity contribution in [2.24, 2.45) is 0 Å². The Balaban J connectivity index is 1.57. The van der Waals surface area contributed by atoms with E-state index in [4.69, 9.17) is 15.8 Å². The maximum atomic E-state index is 12.1. The molecule has 25 heavy (non-hydrogen) atoms. The molecular weight excluding hydrogens is 348 g/mol. The van der Waals surface area contributed by atoms with Crippen LogP contribution < -0.4 is 0 Å². The summed E-state index contributed by atoms with van der Waals surface area (Å²) in [6.07, 6.45) is 2.35. The Morgan fingerprint density at radius 1 is 1.00 bits per heavy atom. The van der Waals surface area contributed by atoms with E-state index in [-0.39, 0.29) is 11.9 Å². The highest BCUT2D eigenvalue weighted by atomic mass is 35.6. The third-order valence-electron chi connectivity index (χ3n) is 4.78. The Kier molecular flexibility index (Phi) is 5.65. The second-order valence-corrected chi connectivity index (χ2v) is 14.3. The van der Waals surface area contributed by atoms with Gasteiger partial charge in [-0.15, -0.1) is 0 Å². The van der Waals surface area contributed by atoms with Crippen LogP contribution in [-0.2, 0) is 9.53 Å². The molecule has 0 unspecified atom stereocenters. The number of benzene rings is 2. The van der Waals surface area contributed by atoms with E-state index < -0.39 is 7.38 Å². The third kappa shape index (κ3) is 4.53. The Morgan fingerprint density at radius 3 is 2.12 bits per heavy atom. The molecule has 0 aromatic heterocycles. The minimum absolute atomic E-state index is 0.101. The summed E-state index contributed by atoms with van der Waals surface area (Å²) in [5, 5.41) is 0.